The summed E-state index contributed by atoms with van der Waals surface area (Å²) in [6.45, 7) is 5.94. The van der Waals surface area contributed by atoms with Crippen LogP contribution in [0.25, 0.3) is 28.6 Å². The Bertz CT molecular complexity index is 1680. The molecule has 2 aromatic carbocycles. The summed E-state index contributed by atoms with van der Waals surface area (Å²) in [6.07, 6.45) is 6.33. The van der Waals surface area contributed by atoms with E-state index in [1.165, 1.54) is 18.0 Å². The minimum absolute atomic E-state index is 0.322. The number of amides is 1. The van der Waals surface area contributed by atoms with Crippen LogP contribution in [0.5, 0.6) is 11.5 Å². The summed E-state index contributed by atoms with van der Waals surface area (Å²) < 4.78 is 14.0. The van der Waals surface area contributed by atoms with Crippen molar-refractivity contribution in [3.05, 3.63) is 83.4 Å². The molecule has 1 amide bonds. The molecule has 0 bridgehead atoms. The summed E-state index contributed by atoms with van der Waals surface area (Å²) in [5, 5.41) is 12.8. The first-order valence-electron chi connectivity index (χ1n) is 11.9. The van der Waals surface area contributed by atoms with Gasteiger partial charge in [0.1, 0.15) is 12.1 Å². The predicted molar refractivity (Wildman–Crippen MR) is 145 cm³/mol. The number of nitrogens with zero attached hydrogens (tertiary/aromatic N) is 6. The van der Waals surface area contributed by atoms with Crippen molar-refractivity contribution < 1.29 is 14.3 Å². The molecular weight excluding hydrogens is 482 g/mol. The molecule has 0 saturated heterocycles. The van der Waals surface area contributed by atoms with Gasteiger partial charge in [0, 0.05) is 12.1 Å². The van der Waals surface area contributed by atoms with Crippen molar-refractivity contribution in [1.29, 1.82) is 0 Å². The van der Waals surface area contributed by atoms with E-state index in [4.69, 9.17) is 9.47 Å². The third-order valence-electron chi connectivity index (χ3n) is 6.04. The molecule has 0 aliphatic carbocycles. The standard InChI is InChI=1S/C28H27N7O3/c1-17-6-9-22(18(2)12-17)34-27-21(15-31-34)28(30-16-29-27)35-25(13-19(3)33-35)32-26(36)11-8-20-7-10-23(37-4)24(14-20)38-5/h6-16H,1-5H3,(H,32,36)/b11-8+. The molecule has 0 saturated carbocycles. The van der Waals surface area contributed by atoms with Gasteiger partial charge in [-0.2, -0.15) is 14.9 Å². The van der Waals surface area contributed by atoms with E-state index in [1.807, 2.05) is 32.0 Å². The Morgan fingerprint density at radius 1 is 0.947 bits per heavy atom. The second kappa shape index (κ2) is 10.2. The van der Waals surface area contributed by atoms with Crippen molar-refractivity contribution in [3.8, 4) is 23.0 Å². The molecule has 192 valence electrons. The predicted octanol–water partition coefficient (Wildman–Crippen LogP) is 4.60. The van der Waals surface area contributed by atoms with Gasteiger partial charge in [-0.1, -0.05) is 23.8 Å². The number of benzene rings is 2. The number of aromatic nitrogens is 6. The molecule has 38 heavy (non-hydrogen) atoms. The SMILES string of the molecule is COc1ccc(/C=C/C(=O)Nc2cc(C)nn2-c2ncnc3c2cnn3-c2ccc(C)cc2C)cc1OC. The highest BCUT2D eigenvalue weighted by atomic mass is 16.5. The topological polar surface area (TPSA) is 109 Å². The Morgan fingerprint density at radius 2 is 1.76 bits per heavy atom. The number of anilines is 1. The van der Waals surface area contributed by atoms with Crippen molar-refractivity contribution in [1.82, 2.24) is 29.5 Å². The maximum absolute atomic E-state index is 12.8. The lowest BCUT2D eigenvalue weighted by Crippen LogP contribution is -2.13. The Balaban J connectivity index is 1.45. The number of ether oxygens (including phenoxy) is 2. The highest BCUT2D eigenvalue weighted by Gasteiger charge is 2.18. The fourth-order valence-electron chi connectivity index (χ4n) is 4.27. The third kappa shape index (κ3) is 4.71. The fourth-order valence-corrected chi connectivity index (χ4v) is 4.27. The average Bonchev–Trinajstić information content (AvgIpc) is 3.50. The largest absolute Gasteiger partial charge is 0.493 e. The van der Waals surface area contributed by atoms with Gasteiger partial charge in [0.15, 0.2) is 23.0 Å². The first kappa shape index (κ1) is 24.7. The monoisotopic (exact) mass is 509 g/mol. The number of methoxy groups -OCH3 is 2. The molecule has 0 spiro atoms. The van der Waals surface area contributed by atoms with Crippen LogP contribution < -0.4 is 14.8 Å². The summed E-state index contributed by atoms with van der Waals surface area (Å²) in [6, 6.07) is 13.4. The van der Waals surface area contributed by atoms with E-state index in [0.29, 0.717) is 34.2 Å². The fraction of sp³-hybridized carbons (Fsp3) is 0.179. The van der Waals surface area contributed by atoms with Gasteiger partial charge in [-0.25, -0.2) is 14.6 Å². The van der Waals surface area contributed by atoms with Crippen LogP contribution in [-0.2, 0) is 4.79 Å². The number of carbonyl (C=O) groups is 1. The van der Waals surface area contributed by atoms with Gasteiger partial charge >= 0.3 is 0 Å². The van der Waals surface area contributed by atoms with Crippen LogP contribution in [0, 0.1) is 20.8 Å². The van der Waals surface area contributed by atoms with Crippen LogP contribution in [-0.4, -0.2) is 49.7 Å². The molecule has 3 heterocycles. The Hall–Kier alpha value is -4.99. The molecule has 5 rings (SSSR count). The zero-order valence-corrected chi connectivity index (χ0v) is 21.8. The van der Waals surface area contributed by atoms with Crippen LogP contribution in [0.15, 0.2) is 61.1 Å². The molecule has 0 unspecified atom stereocenters. The molecule has 5 aromatic rings. The van der Waals surface area contributed by atoms with E-state index < -0.39 is 0 Å². The lowest BCUT2D eigenvalue weighted by molar-refractivity contribution is -0.111. The summed E-state index contributed by atoms with van der Waals surface area (Å²) in [5.41, 5.74) is 5.34. The molecule has 3 aromatic heterocycles. The number of carbonyl (C=O) groups excluding carboxylic acids is 1. The number of fused-ring (bicyclic) bond motifs is 1. The lowest BCUT2D eigenvalue weighted by Gasteiger charge is -2.10. The van der Waals surface area contributed by atoms with Crippen molar-refractivity contribution in [2.75, 3.05) is 19.5 Å². The number of hydrogen-bond donors (Lipinski definition) is 1. The zero-order chi connectivity index (χ0) is 26.8. The van der Waals surface area contributed by atoms with E-state index in [1.54, 1.807) is 54.1 Å². The van der Waals surface area contributed by atoms with E-state index in [9.17, 15) is 4.79 Å². The lowest BCUT2D eigenvalue weighted by atomic mass is 10.1. The van der Waals surface area contributed by atoms with Crippen molar-refractivity contribution in [2.45, 2.75) is 20.8 Å². The minimum atomic E-state index is -0.322. The Kier molecular flexibility index (Phi) is 6.61. The molecule has 0 radical (unpaired) electrons. The first-order valence-corrected chi connectivity index (χ1v) is 11.9. The van der Waals surface area contributed by atoms with Gasteiger partial charge < -0.3 is 14.8 Å². The molecule has 0 atom stereocenters. The van der Waals surface area contributed by atoms with E-state index in [2.05, 4.69) is 38.5 Å². The van der Waals surface area contributed by atoms with Gasteiger partial charge in [0.05, 0.1) is 37.2 Å². The number of nitrogens with one attached hydrogen (secondary N) is 1. The molecule has 10 nitrogen and oxygen atoms in total. The van der Waals surface area contributed by atoms with E-state index >= 15 is 0 Å². The van der Waals surface area contributed by atoms with Crippen LogP contribution >= 0.6 is 0 Å². The highest BCUT2D eigenvalue weighted by Crippen LogP contribution is 2.28. The maximum atomic E-state index is 12.8. The second-order valence-electron chi connectivity index (χ2n) is 8.80. The van der Waals surface area contributed by atoms with Crippen molar-refractivity contribution in [3.63, 3.8) is 0 Å². The van der Waals surface area contributed by atoms with Crippen molar-refractivity contribution in [2.24, 2.45) is 0 Å². The van der Waals surface area contributed by atoms with Gasteiger partial charge in [-0.15, -0.1) is 0 Å². The molecule has 1 N–H and O–H groups in total. The molecular formula is C28H27N7O3. The summed E-state index contributed by atoms with van der Waals surface area (Å²) >= 11 is 0. The zero-order valence-electron chi connectivity index (χ0n) is 21.8. The third-order valence-corrected chi connectivity index (χ3v) is 6.04. The van der Waals surface area contributed by atoms with E-state index in [-0.39, 0.29) is 5.91 Å². The number of rotatable bonds is 7. The van der Waals surface area contributed by atoms with Gasteiger partial charge in [-0.05, 0) is 56.2 Å². The smallest absolute Gasteiger partial charge is 0.249 e. The summed E-state index contributed by atoms with van der Waals surface area (Å²) in [5.74, 6) is 1.86. The Morgan fingerprint density at radius 3 is 2.53 bits per heavy atom. The maximum Gasteiger partial charge on any atom is 0.249 e. The molecule has 0 aliphatic heterocycles. The van der Waals surface area contributed by atoms with Crippen LogP contribution in [0.4, 0.5) is 5.82 Å². The molecule has 10 heteroatoms. The molecule has 0 aliphatic rings. The average molecular weight is 510 g/mol. The number of hydrogen-bond acceptors (Lipinski definition) is 7. The number of aryl methyl sites for hydroxylation is 3. The van der Waals surface area contributed by atoms with Crippen molar-refractivity contribution >= 4 is 28.8 Å². The molecule has 0 fully saturated rings. The highest BCUT2D eigenvalue weighted by molar-refractivity contribution is 6.01. The Labute approximate surface area is 219 Å². The van der Waals surface area contributed by atoms with Gasteiger partial charge in [0.25, 0.3) is 0 Å². The minimum Gasteiger partial charge on any atom is -0.493 e. The second-order valence-corrected chi connectivity index (χ2v) is 8.80. The van der Waals surface area contributed by atoms with E-state index in [0.717, 1.165) is 22.5 Å². The van der Waals surface area contributed by atoms with Crippen LogP contribution in [0.2, 0.25) is 0 Å². The normalized spacial score (nSPS) is 11.3. The van der Waals surface area contributed by atoms with Crippen LogP contribution in [0.1, 0.15) is 22.4 Å². The van der Waals surface area contributed by atoms with Gasteiger partial charge in [-0.3, -0.25) is 4.79 Å². The first-order chi connectivity index (χ1) is 18.4. The summed E-state index contributed by atoms with van der Waals surface area (Å²) in [7, 11) is 3.14. The summed E-state index contributed by atoms with van der Waals surface area (Å²) in [4.78, 5) is 21.8. The quantitative estimate of drug-likeness (QED) is 0.320. The van der Waals surface area contributed by atoms with Gasteiger partial charge in [0.2, 0.25) is 5.91 Å². The van der Waals surface area contributed by atoms with Crippen LogP contribution in [0.3, 0.4) is 0 Å².